The van der Waals surface area contributed by atoms with Gasteiger partial charge in [-0.25, -0.2) is 0 Å². The van der Waals surface area contributed by atoms with E-state index in [0.717, 1.165) is 16.9 Å². The molecule has 0 saturated heterocycles. The van der Waals surface area contributed by atoms with Crippen molar-refractivity contribution >= 4 is 17.3 Å². The number of rotatable bonds is 3. The smallest absolute Gasteiger partial charge is 0.242 e. The molecule has 1 aliphatic heterocycles. The number of benzene rings is 2. The summed E-state index contributed by atoms with van der Waals surface area (Å²) in [4.78, 5) is 17.4. The zero-order valence-corrected chi connectivity index (χ0v) is 11.6. The van der Waals surface area contributed by atoms with Gasteiger partial charge in [-0.2, -0.15) is 0 Å². The predicted molar refractivity (Wildman–Crippen MR) is 81.4 cm³/mol. The summed E-state index contributed by atoms with van der Waals surface area (Å²) in [5.41, 5.74) is 10.3. The number of para-hydroxylation sites is 2. The highest BCUT2D eigenvalue weighted by atomic mass is 16.2. The fourth-order valence-electron chi connectivity index (χ4n) is 2.77. The summed E-state index contributed by atoms with van der Waals surface area (Å²) >= 11 is 0. The van der Waals surface area contributed by atoms with Crippen LogP contribution in [0, 0.1) is 0 Å². The third-order valence-electron chi connectivity index (χ3n) is 3.88. The van der Waals surface area contributed by atoms with E-state index in [4.69, 9.17) is 5.53 Å². The van der Waals surface area contributed by atoms with Crippen molar-refractivity contribution in [3.8, 4) is 0 Å². The average molecular weight is 278 g/mol. The maximum atomic E-state index is 12.9. The normalized spacial score (nSPS) is 20.0. The lowest BCUT2D eigenvalue weighted by Gasteiger charge is -2.22. The van der Waals surface area contributed by atoms with Gasteiger partial charge in [-0.05, 0) is 36.2 Å². The van der Waals surface area contributed by atoms with Crippen LogP contribution in [0.3, 0.4) is 0 Å². The molecule has 3 rings (SSSR count). The van der Waals surface area contributed by atoms with Gasteiger partial charge in [-0.3, -0.25) is 9.69 Å². The Morgan fingerprint density at radius 1 is 1.14 bits per heavy atom. The molecule has 0 spiro atoms. The number of azide groups is 1. The van der Waals surface area contributed by atoms with Gasteiger partial charge in [0, 0.05) is 17.1 Å². The molecule has 0 bridgehead atoms. The van der Waals surface area contributed by atoms with Crippen molar-refractivity contribution in [2.45, 2.75) is 12.3 Å². The summed E-state index contributed by atoms with van der Waals surface area (Å²) in [5.74, 6) is -0.0673. The number of hydrogen-bond acceptors (Lipinski definition) is 2. The van der Waals surface area contributed by atoms with Crippen LogP contribution in [0.25, 0.3) is 10.4 Å². The van der Waals surface area contributed by atoms with E-state index in [1.54, 1.807) is 4.90 Å². The van der Waals surface area contributed by atoms with Crippen molar-refractivity contribution in [2.75, 3.05) is 11.4 Å². The lowest BCUT2D eigenvalue weighted by Crippen LogP contribution is -2.38. The van der Waals surface area contributed by atoms with E-state index in [9.17, 15) is 4.79 Å². The Morgan fingerprint density at radius 3 is 2.52 bits per heavy atom. The fraction of sp³-hybridized carbons (Fsp3) is 0.188. The van der Waals surface area contributed by atoms with E-state index in [-0.39, 0.29) is 12.5 Å². The van der Waals surface area contributed by atoms with E-state index in [1.807, 2.05) is 61.5 Å². The van der Waals surface area contributed by atoms with Crippen LogP contribution in [0.4, 0.5) is 11.4 Å². The van der Waals surface area contributed by atoms with Crippen LogP contribution >= 0.6 is 0 Å². The number of anilines is 2. The van der Waals surface area contributed by atoms with Crippen LogP contribution in [0.1, 0.15) is 12.5 Å². The van der Waals surface area contributed by atoms with Crippen LogP contribution in [0.5, 0.6) is 0 Å². The first-order valence-corrected chi connectivity index (χ1v) is 6.68. The summed E-state index contributed by atoms with van der Waals surface area (Å²) in [5, 5.41) is 3.64. The van der Waals surface area contributed by atoms with Crippen molar-refractivity contribution in [2.24, 2.45) is 5.11 Å². The van der Waals surface area contributed by atoms with E-state index in [1.165, 1.54) is 0 Å². The molecule has 0 aliphatic carbocycles. The second kappa shape index (κ2) is 4.96. The van der Waals surface area contributed by atoms with Crippen molar-refractivity contribution in [1.82, 2.24) is 0 Å². The summed E-state index contributed by atoms with van der Waals surface area (Å²) in [6.45, 7) is 1.94. The molecule has 0 aromatic heterocycles. The molecule has 1 atom stereocenters. The molecule has 5 heteroatoms. The van der Waals surface area contributed by atoms with E-state index < -0.39 is 5.41 Å². The van der Waals surface area contributed by atoms with E-state index >= 15 is 0 Å². The molecular formula is C16H14N4O. The largest absolute Gasteiger partial charge is 0.280 e. The summed E-state index contributed by atoms with van der Waals surface area (Å²) in [6, 6.07) is 17.1. The molecule has 21 heavy (non-hydrogen) atoms. The van der Waals surface area contributed by atoms with Gasteiger partial charge >= 0.3 is 0 Å². The SMILES string of the molecule is CC1(CN=[N+]=[N-])C(=O)N(c2ccccc2)c2ccccc21. The van der Waals surface area contributed by atoms with Gasteiger partial charge < -0.3 is 0 Å². The van der Waals surface area contributed by atoms with Crippen LogP contribution in [0.2, 0.25) is 0 Å². The minimum atomic E-state index is -0.821. The fourth-order valence-corrected chi connectivity index (χ4v) is 2.77. The third kappa shape index (κ3) is 1.95. The second-order valence-electron chi connectivity index (χ2n) is 5.21. The zero-order valence-electron chi connectivity index (χ0n) is 11.6. The lowest BCUT2D eigenvalue weighted by molar-refractivity contribution is -0.121. The van der Waals surface area contributed by atoms with Gasteiger partial charge in [-0.1, -0.05) is 41.5 Å². The highest BCUT2D eigenvalue weighted by Gasteiger charge is 2.47. The third-order valence-corrected chi connectivity index (χ3v) is 3.88. The first-order valence-electron chi connectivity index (χ1n) is 6.68. The van der Waals surface area contributed by atoms with Gasteiger partial charge in [0.2, 0.25) is 5.91 Å². The predicted octanol–water partition coefficient (Wildman–Crippen LogP) is 3.93. The molecule has 1 amide bonds. The van der Waals surface area contributed by atoms with Gasteiger partial charge in [-0.15, -0.1) is 0 Å². The highest BCUT2D eigenvalue weighted by molar-refractivity contribution is 6.12. The molecule has 2 aromatic rings. The van der Waals surface area contributed by atoms with E-state index in [0.29, 0.717) is 0 Å². The number of nitrogens with zero attached hydrogens (tertiary/aromatic N) is 4. The van der Waals surface area contributed by atoms with Gasteiger partial charge in [0.15, 0.2) is 0 Å². The van der Waals surface area contributed by atoms with Gasteiger partial charge in [0.1, 0.15) is 0 Å². The molecule has 1 aliphatic rings. The van der Waals surface area contributed by atoms with Crippen molar-refractivity contribution in [3.63, 3.8) is 0 Å². The van der Waals surface area contributed by atoms with Crippen LogP contribution in [-0.4, -0.2) is 12.5 Å². The molecule has 0 saturated carbocycles. The maximum Gasteiger partial charge on any atom is 0.242 e. The molecule has 0 fully saturated rings. The molecule has 1 unspecified atom stereocenters. The van der Waals surface area contributed by atoms with Crippen molar-refractivity contribution < 1.29 is 4.79 Å². The number of fused-ring (bicyclic) bond motifs is 1. The standard InChI is InChI=1S/C16H14N4O/c1-16(11-18-19-17)13-9-5-6-10-14(13)20(15(16)21)12-7-3-2-4-8-12/h2-10H,11H2,1H3. The molecule has 5 nitrogen and oxygen atoms in total. The Kier molecular flexibility index (Phi) is 3.12. The Bertz CT molecular complexity index is 737. The molecule has 0 N–H and O–H groups in total. The molecule has 1 heterocycles. The van der Waals surface area contributed by atoms with Crippen molar-refractivity contribution in [3.05, 3.63) is 70.6 Å². The minimum Gasteiger partial charge on any atom is -0.280 e. The summed E-state index contributed by atoms with van der Waals surface area (Å²) in [6.07, 6.45) is 0. The Morgan fingerprint density at radius 2 is 1.81 bits per heavy atom. The highest BCUT2D eigenvalue weighted by Crippen LogP contribution is 2.45. The van der Waals surface area contributed by atoms with Crippen molar-refractivity contribution in [1.29, 1.82) is 0 Å². The number of hydrogen-bond donors (Lipinski definition) is 0. The first kappa shape index (κ1) is 13.2. The Labute approximate surface area is 122 Å². The molecule has 104 valence electrons. The topological polar surface area (TPSA) is 69.1 Å². The molecule has 0 radical (unpaired) electrons. The monoisotopic (exact) mass is 278 g/mol. The molecule has 2 aromatic carbocycles. The summed E-state index contributed by atoms with van der Waals surface area (Å²) in [7, 11) is 0. The second-order valence-corrected chi connectivity index (χ2v) is 5.21. The number of amides is 1. The van der Waals surface area contributed by atoms with Crippen LogP contribution < -0.4 is 4.90 Å². The molecular weight excluding hydrogens is 264 g/mol. The Hall–Kier alpha value is -2.78. The minimum absolute atomic E-state index is 0.0673. The van der Waals surface area contributed by atoms with Gasteiger partial charge in [0.05, 0.1) is 11.1 Å². The van der Waals surface area contributed by atoms with Crippen LogP contribution in [-0.2, 0) is 10.2 Å². The quantitative estimate of drug-likeness (QED) is 0.476. The number of carbonyl (C=O) groups is 1. The Balaban J connectivity index is 2.17. The lowest BCUT2D eigenvalue weighted by atomic mass is 9.84. The van der Waals surface area contributed by atoms with Gasteiger partial charge in [0.25, 0.3) is 0 Å². The number of carbonyl (C=O) groups excluding carboxylic acids is 1. The maximum absolute atomic E-state index is 12.9. The van der Waals surface area contributed by atoms with Crippen LogP contribution in [0.15, 0.2) is 59.7 Å². The van der Waals surface area contributed by atoms with E-state index in [2.05, 4.69) is 10.0 Å². The average Bonchev–Trinajstić information content (AvgIpc) is 2.75. The zero-order chi connectivity index (χ0) is 14.9. The summed E-state index contributed by atoms with van der Waals surface area (Å²) < 4.78 is 0. The first-order chi connectivity index (χ1) is 10.2.